The Kier molecular flexibility index (Phi) is 7.49. The predicted octanol–water partition coefficient (Wildman–Crippen LogP) is 2.15. The second-order valence-corrected chi connectivity index (χ2v) is 7.25. The zero-order chi connectivity index (χ0) is 17.7. The summed E-state index contributed by atoms with van der Waals surface area (Å²) in [6, 6.07) is 8.08. The number of nitrogens with zero attached hydrogens (tertiary/aromatic N) is 1. The molecule has 9 heteroatoms. The second-order valence-electron chi connectivity index (χ2n) is 5.60. The van der Waals surface area contributed by atoms with Crippen LogP contribution < -0.4 is 15.4 Å². The fourth-order valence-corrected chi connectivity index (χ4v) is 3.07. The van der Waals surface area contributed by atoms with Gasteiger partial charge in [-0.2, -0.15) is 0 Å². The second kappa shape index (κ2) is 8.90. The summed E-state index contributed by atoms with van der Waals surface area (Å²) in [5, 5.41) is 5.52. The molecule has 0 saturated carbocycles. The average Bonchev–Trinajstić information content (AvgIpc) is 2.46. The number of anilines is 2. The van der Waals surface area contributed by atoms with Crippen molar-refractivity contribution in [2.24, 2.45) is 0 Å². The minimum atomic E-state index is -4.05. The molecule has 2 amide bonds. The topological polar surface area (TPSA) is 100 Å². The van der Waals surface area contributed by atoms with Crippen molar-refractivity contribution in [3.8, 4) is 0 Å². The van der Waals surface area contributed by atoms with Crippen LogP contribution in [-0.2, 0) is 10.0 Å². The molecule has 2 aromatic rings. The van der Waals surface area contributed by atoms with E-state index >= 15 is 0 Å². The molecule has 1 aromatic heterocycles. The zero-order valence-electron chi connectivity index (χ0n) is 14.7. The Balaban J connectivity index is 0.00000312. The summed E-state index contributed by atoms with van der Waals surface area (Å²) in [5.74, 6) is 0. The van der Waals surface area contributed by atoms with Crippen LogP contribution in [0.3, 0.4) is 0 Å². The third-order valence-electron chi connectivity index (χ3n) is 3.02. The van der Waals surface area contributed by atoms with Crippen LogP contribution in [0.2, 0.25) is 0 Å². The number of nitrogens with one attached hydrogen (secondary N) is 3. The molecule has 1 radical (unpaired) electrons. The third kappa shape index (κ3) is 6.09. The maximum absolute atomic E-state index is 12.5. The molecule has 1 heterocycles. The van der Waals surface area contributed by atoms with Gasteiger partial charge < -0.3 is 10.6 Å². The fourth-order valence-electron chi connectivity index (χ4n) is 2.04. The van der Waals surface area contributed by atoms with Gasteiger partial charge in [0.15, 0.2) is 0 Å². The van der Waals surface area contributed by atoms with Crippen LogP contribution in [0.4, 0.5) is 16.2 Å². The normalized spacial score (nSPS) is 10.7. The van der Waals surface area contributed by atoms with Gasteiger partial charge in [-0.15, -0.1) is 0 Å². The number of aromatic nitrogens is 1. The molecule has 7 nitrogen and oxygen atoms in total. The van der Waals surface area contributed by atoms with Gasteiger partial charge in [-0.25, -0.2) is 17.9 Å². The Morgan fingerprint density at radius 3 is 2.56 bits per heavy atom. The van der Waals surface area contributed by atoms with E-state index in [0.29, 0.717) is 5.69 Å². The fraction of sp³-hybridized carbons (Fsp3) is 0.250. The van der Waals surface area contributed by atoms with Crippen LogP contribution in [0.25, 0.3) is 0 Å². The minimum absolute atomic E-state index is 0. The van der Waals surface area contributed by atoms with Gasteiger partial charge >= 0.3 is 6.03 Å². The third-order valence-corrected chi connectivity index (χ3v) is 4.38. The van der Waals surface area contributed by atoms with Crippen LogP contribution in [0, 0.1) is 6.92 Å². The first-order valence-corrected chi connectivity index (χ1v) is 8.87. The van der Waals surface area contributed by atoms with Crippen LogP contribution >= 0.6 is 0 Å². The number of carbonyl (C=O) groups is 1. The molecule has 0 saturated heterocycles. The quantitative estimate of drug-likeness (QED) is 0.714. The van der Waals surface area contributed by atoms with Gasteiger partial charge in [0, 0.05) is 43.0 Å². The molecule has 0 fully saturated rings. The van der Waals surface area contributed by atoms with Crippen molar-refractivity contribution in [2.75, 3.05) is 5.32 Å². The van der Waals surface area contributed by atoms with E-state index in [4.69, 9.17) is 0 Å². The number of amides is 2. The summed E-state index contributed by atoms with van der Waals surface area (Å²) in [5.41, 5.74) is 2.11. The van der Waals surface area contributed by atoms with E-state index in [-0.39, 0.29) is 29.8 Å². The van der Waals surface area contributed by atoms with E-state index in [0.717, 1.165) is 11.3 Å². The number of hydrogen-bond acceptors (Lipinski definition) is 5. The molecule has 3 N–H and O–H groups in total. The smallest absolute Gasteiger partial charge is 0.328 e. The Hall–Kier alpha value is -2.01. The van der Waals surface area contributed by atoms with Crippen LogP contribution in [0.5, 0.6) is 0 Å². The van der Waals surface area contributed by atoms with E-state index in [1.54, 1.807) is 13.8 Å². The minimum Gasteiger partial charge on any atom is -0.354 e. The number of rotatable bonds is 5. The standard InChI is InChI=1S/C16H20N4O3S.Li/c1-11(2)18-16(21)20-24(22,23)15-10-17-8-7-14(15)19-13-6-4-5-12(3)9-13;/h4-11H,1-3H3,(H,17,19)(H2,18,20,21);. The summed E-state index contributed by atoms with van der Waals surface area (Å²) in [6.07, 6.45) is 2.68. The molecular weight excluding hydrogens is 335 g/mol. The first-order valence-electron chi connectivity index (χ1n) is 7.39. The van der Waals surface area contributed by atoms with E-state index in [9.17, 15) is 13.2 Å². The zero-order valence-corrected chi connectivity index (χ0v) is 15.5. The van der Waals surface area contributed by atoms with Gasteiger partial charge in [0.05, 0.1) is 5.69 Å². The molecule has 0 bridgehead atoms. The van der Waals surface area contributed by atoms with Gasteiger partial charge in [0.1, 0.15) is 4.90 Å². The number of pyridine rings is 1. The number of urea groups is 1. The largest absolute Gasteiger partial charge is 0.354 e. The first kappa shape index (κ1) is 21.0. The van der Waals surface area contributed by atoms with E-state index in [2.05, 4.69) is 15.6 Å². The van der Waals surface area contributed by atoms with Crippen molar-refractivity contribution < 1.29 is 13.2 Å². The van der Waals surface area contributed by atoms with Crippen molar-refractivity contribution in [3.05, 3.63) is 48.3 Å². The Labute approximate surface area is 159 Å². The average molecular weight is 355 g/mol. The van der Waals surface area contributed by atoms with Crippen molar-refractivity contribution in [3.63, 3.8) is 0 Å². The van der Waals surface area contributed by atoms with Crippen LogP contribution in [0.1, 0.15) is 19.4 Å². The van der Waals surface area contributed by atoms with E-state index in [1.807, 2.05) is 35.9 Å². The van der Waals surface area contributed by atoms with Crippen molar-refractivity contribution in [1.82, 2.24) is 15.0 Å². The van der Waals surface area contributed by atoms with Gasteiger partial charge in [0.25, 0.3) is 10.0 Å². The van der Waals surface area contributed by atoms with Crippen molar-refractivity contribution in [2.45, 2.75) is 31.7 Å². The molecule has 0 unspecified atom stereocenters. The number of sulfonamides is 1. The maximum atomic E-state index is 12.5. The molecule has 25 heavy (non-hydrogen) atoms. The molecule has 0 atom stereocenters. The van der Waals surface area contributed by atoms with E-state index in [1.165, 1.54) is 18.5 Å². The Bertz CT molecular complexity index is 841. The summed E-state index contributed by atoms with van der Waals surface area (Å²) in [6.45, 7) is 5.41. The van der Waals surface area contributed by atoms with Gasteiger partial charge in [-0.05, 0) is 44.5 Å². The summed E-state index contributed by atoms with van der Waals surface area (Å²) in [4.78, 5) is 15.5. The maximum Gasteiger partial charge on any atom is 0.328 e. The molecule has 0 spiro atoms. The molecule has 1 aromatic carbocycles. The van der Waals surface area contributed by atoms with Gasteiger partial charge in [-0.3, -0.25) is 4.98 Å². The molecule has 2 rings (SSSR count). The molecule has 0 aliphatic rings. The molecular formula is C16H20LiN4O3S. The SMILES string of the molecule is Cc1cccc(Nc2ccncc2S(=O)(=O)NC(=O)NC(C)C)c1.[Li]. The molecule has 0 aliphatic heterocycles. The van der Waals surface area contributed by atoms with Gasteiger partial charge in [-0.1, -0.05) is 12.1 Å². The Morgan fingerprint density at radius 2 is 1.92 bits per heavy atom. The molecule has 129 valence electrons. The summed E-state index contributed by atoms with van der Waals surface area (Å²) in [7, 11) is -4.05. The predicted molar refractivity (Wildman–Crippen MR) is 98.4 cm³/mol. The molecule has 0 aliphatic carbocycles. The monoisotopic (exact) mass is 355 g/mol. The number of aryl methyl sites for hydroxylation is 1. The first-order chi connectivity index (χ1) is 11.3. The van der Waals surface area contributed by atoms with Gasteiger partial charge in [0.2, 0.25) is 0 Å². The summed E-state index contributed by atoms with van der Waals surface area (Å²) < 4.78 is 26.9. The number of carbonyl (C=O) groups excluding carboxylic acids is 1. The van der Waals surface area contributed by atoms with Crippen LogP contribution in [0.15, 0.2) is 47.6 Å². The number of benzene rings is 1. The van der Waals surface area contributed by atoms with Crippen molar-refractivity contribution >= 4 is 46.3 Å². The Morgan fingerprint density at radius 1 is 1.20 bits per heavy atom. The summed E-state index contributed by atoms with van der Waals surface area (Å²) >= 11 is 0. The van der Waals surface area contributed by atoms with Crippen LogP contribution in [-0.4, -0.2) is 44.3 Å². The van der Waals surface area contributed by atoms with Crippen molar-refractivity contribution in [1.29, 1.82) is 0 Å². The number of hydrogen-bond donors (Lipinski definition) is 3. The van der Waals surface area contributed by atoms with E-state index < -0.39 is 16.1 Å².